The highest BCUT2D eigenvalue weighted by Crippen LogP contribution is 1.83. The van der Waals surface area contributed by atoms with Crippen molar-refractivity contribution in [3.05, 3.63) is 12.2 Å². The minimum absolute atomic E-state index is 0. The number of carbonyl (C=O) groups is 1. The van der Waals surface area contributed by atoms with Crippen molar-refractivity contribution in [1.29, 1.82) is 0 Å². The van der Waals surface area contributed by atoms with Crippen molar-refractivity contribution in [3.63, 3.8) is 0 Å². The fourth-order valence-electron chi connectivity index (χ4n) is 0.258. The molecule has 0 aliphatic rings. The summed E-state index contributed by atoms with van der Waals surface area (Å²) >= 11 is 0. The van der Waals surface area contributed by atoms with E-state index in [2.05, 4.69) is 6.58 Å². The molecule has 0 saturated heterocycles. The molecule has 0 atom stereocenters. The first-order chi connectivity index (χ1) is 5.70. The molecule has 0 aliphatic heterocycles. The monoisotopic (exact) mass is 228 g/mol. The van der Waals surface area contributed by atoms with Crippen LogP contribution in [0.4, 0.5) is 0 Å². The van der Waals surface area contributed by atoms with E-state index in [1.165, 1.54) is 6.92 Å². The fraction of sp³-hybridized carbons (Fsp3) is 0.571. The van der Waals surface area contributed by atoms with Crippen LogP contribution in [0.2, 0.25) is 0 Å². The molecule has 0 unspecified atom stereocenters. The molecular formula is C7H16O6S. The molecule has 86 valence electrons. The Kier molecular flexibility index (Phi) is 11.6. The molecule has 0 saturated carbocycles. The predicted octanol–water partition coefficient (Wildman–Crippen LogP) is 0.107. The Balaban J connectivity index is -0.000000163. The van der Waals surface area contributed by atoms with Gasteiger partial charge in [0, 0.05) is 5.57 Å². The Labute approximate surface area is 83.3 Å². The van der Waals surface area contributed by atoms with E-state index in [-0.39, 0.29) is 16.8 Å². The van der Waals surface area contributed by atoms with E-state index in [1.54, 1.807) is 6.92 Å². The van der Waals surface area contributed by atoms with E-state index in [0.717, 1.165) is 0 Å². The van der Waals surface area contributed by atoms with Gasteiger partial charge in [0.25, 0.3) is 10.1 Å². The van der Waals surface area contributed by atoms with Crippen molar-refractivity contribution < 1.29 is 28.3 Å². The molecule has 0 aromatic rings. The highest BCUT2D eigenvalue weighted by atomic mass is 32.2. The maximum Gasteiger partial charge on any atom is 0.330 e. The molecule has 0 aromatic heterocycles. The van der Waals surface area contributed by atoms with E-state index in [0.29, 0.717) is 6.42 Å². The van der Waals surface area contributed by atoms with Gasteiger partial charge in [0.05, 0.1) is 5.75 Å². The van der Waals surface area contributed by atoms with Crippen molar-refractivity contribution in [2.24, 2.45) is 0 Å². The standard InChI is InChI=1S/C4H6O2.C3H8O3S.H2O/c1-3(2)4(5)6;1-2-3-7(4,5)6;/h1H2,2H3,(H,5,6);2-3H2,1H3,(H,4,5,6);1H2. The Morgan fingerprint density at radius 2 is 1.71 bits per heavy atom. The van der Waals surface area contributed by atoms with Crippen LogP contribution in [0.1, 0.15) is 20.3 Å². The summed E-state index contributed by atoms with van der Waals surface area (Å²) < 4.78 is 27.6. The zero-order valence-electron chi connectivity index (χ0n) is 8.15. The normalized spacial score (nSPS) is 9.07. The number of hydrogen-bond donors (Lipinski definition) is 2. The van der Waals surface area contributed by atoms with Gasteiger partial charge in [-0.1, -0.05) is 13.5 Å². The van der Waals surface area contributed by atoms with Gasteiger partial charge < -0.3 is 10.6 Å². The summed E-state index contributed by atoms with van der Waals surface area (Å²) in [5.41, 5.74) is 0.176. The fourth-order valence-corrected chi connectivity index (χ4v) is 0.774. The van der Waals surface area contributed by atoms with Crippen LogP contribution in [-0.2, 0) is 14.9 Å². The summed E-state index contributed by atoms with van der Waals surface area (Å²) in [6.45, 7) is 6.29. The maximum absolute atomic E-state index is 9.79. The zero-order chi connectivity index (χ0) is 11.1. The lowest BCUT2D eigenvalue weighted by Crippen LogP contribution is -2.01. The molecule has 0 spiro atoms. The lowest BCUT2D eigenvalue weighted by molar-refractivity contribution is -0.132. The molecular weight excluding hydrogens is 212 g/mol. The van der Waals surface area contributed by atoms with Crippen LogP contribution < -0.4 is 0 Å². The minimum atomic E-state index is -3.67. The minimum Gasteiger partial charge on any atom is -0.478 e. The van der Waals surface area contributed by atoms with Gasteiger partial charge in [-0.25, -0.2) is 4.79 Å². The van der Waals surface area contributed by atoms with Crippen LogP contribution in [-0.4, -0.2) is 35.3 Å². The molecule has 0 bridgehead atoms. The molecule has 0 amide bonds. The maximum atomic E-state index is 9.79. The lowest BCUT2D eigenvalue weighted by atomic mass is 10.4. The Bertz CT molecular complexity index is 254. The van der Waals surface area contributed by atoms with Crippen molar-refractivity contribution >= 4 is 16.1 Å². The molecule has 7 heteroatoms. The average molecular weight is 228 g/mol. The zero-order valence-corrected chi connectivity index (χ0v) is 8.97. The largest absolute Gasteiger partial charge is 0.478 e. The molecule has 0 aromatic carbocycles. The summed E-state index contributed by atoms with van der Waals surface area (Å²) in [6, 6.07) is 0. The molecule has 0 radical (unpaired) electrons. The number of carboxylic acids is 1. The van der Waals surface area contributed by atoms with Crippen LogP contribution in [0.5, 0.6) is 0 Å². The number of hydrogen-bond acceptors (Lipinski definition) is 3. The van der Waals surface area contributed by atoms with Gasteiger partial charge in [-0.3, -0.25) is 4.55 Å². The number of carboxylic acid groups (broad SMARTS) is 1. The molecule has 0 aliphatic carbocycles. The topological polar surface area (TPSA) is 123 Å². The molecule has 14 heavy (non-hydrogen) atoms. The highest BCUT2D eigenvalue weighted by Gasteiger charge is 1.98. The Morgan fingerprint density at radius 3 is 1.71 bits per heavy atom. The summed E-state index contributed by atoms with van der Waals surface area (Å²) in [7, 11) is -3.67. The van der Waals surface area contributed by atoms with Gasteiger partial charge in [0.1, 0.15) is 0 Å². The van der Waals surface area contributed by atoms with Gasteiger partial charge in [0.15, 0.2) is 0 Å². The third-order valence-electron chi connectivity index (χ3n) is 0.827. The number of aliphatic carboxylic acids is 1. The summed E-state index contributed by atoms with van der Waals surface area (Å²) in [5.74, 6) is -1.07. The molecule has 0 fully saturated rings. The predicted molar refractivity (Wildman–Crippen MR) is 52.8 cm³/mol. The van der Waals surface area contributed by atoms with E-state index in [9.17, 15) is 13.2 Å². The van der Waals surface area contributed by atoms with E-state index < -0.39 is 16.1 Å². The van der Waals surface area contributed by atoms with Gasteiger partial charge in [-0.2, -0.15) is 8.42 Å². The van der Waals surface area contributed by atoms with Crippen LogP contribution in [0.25, 0.3) is 0 Å². The highest BCUT2D eigenvalue weighted by molar-refractivity contribution is 7.85. The van der Waals surface area contributed by atoms with Crippen LogP contribution in [0, 0.1) is 0 Å². The first-order valence-corrected chi connectivity index (χ1v) is 5.15. The van der Waals surface area contributed by atoms with Crippen molar-refractivity contribution in [2.45, 2.75) is 20.3 Å². The number of rotatable bonds is 3. The van der Waals surface area contributed by atoms with E-state index >= 15 is 0 Å². The first-order valence-electron chi connectivity index (χ1n) is 3.54. The van der Waals surface area contributed by atoms with Gasteiger partial charge in [-0.15, -0.1) is 0 Å². The van der Waals surface area contributed by atoms with Crippen LogP contribution in [0.15, 0.2) is 12.2 Å². The van der Waals surface area contributed by atoms with Gasteiger partial charge in [-0.05, 0) is 13.3 Å². The quantitative estimate of drug-likeness (QED) is 0.524. The first kappa shape index (κ1) is 18.8. The Morgan fingerprint density at radius 1 is 1.43 bits per heavy atom. The van der Waals surface area contributed by atoms with Gasteiger partial charge >= 0.3 is 5.97 Å². The van der Waals surface area contributed by atoms with E-state index in [1.807, 2.05) is 0 Å². The lowest BCUT2D eigenvalue weighted by Gasteiger charge is -1.85. The second kappa shape index (κ2) is 8.67. The average Bonchev–Trinajstić information content (AvgIpc) is 1.85. The van der Waals surface area contributed by atoms with Crippen LogP contribution in [0.3, 0.4) is 0 Å². The van der Waals surface area contributed by atoms with Crippen LogP contribution >= 0.6 is 0 Å². The second-order valence-corrected chi connectivity index (χ2v) is 3.94. The summed E-state index contributed by atoms with van der Waals surface area (Å²) in [4.78, 5) is 9.60. The molecule has 0 rings (SSSR count). The van der Waals surface area contributed by atoms with Crippen molar-refractivity contribution in [2.75, 3.05) is 5.75 Å². The summed E-state index contributed by atoms with van der Waals surface area (Å²) in [6.07, 6.45) is 0.471. The second-order valence-electron chi connectivity index (χ2n) is 2.37. The third-order valence-corrected chi connectivity index (χ3v) is 1.75. The Hall–Kier alpha value is -0.920. The van der Waals surface area contributed by atoms with E-state index in [4.69, 9.17) is 9.66 Å². The third kappa shape index (κ3) is 22.5. The summed E-state index contributed by atoms with van der Waals surface area (Å²) in [5, 5.41) is 7.89. The molecule has 0 heterocycles. The smallest absolute Gasteiger partial charge is 0.330 e. The molecule has 4 N–H and O–H groups in total. The molecule has 6 nitrogen and oxygen atoms in total. The van der Waals surface area contributed by atoms with Gasteiger partial charge in [0.2, 0.25) is 0 Å². The van der Waals surface area contributed by atoms with Crippen molar-refractivity contribution in [1.82, 2.24) is 0 Å². The SMILES string of the molecule is C=C(C)C(=O)O.CCCS(=O)(=O)O.O. The van der Waals surface area contributed by atoms with Crippen molar-refractivity contribution in [3.8, 4) is 0 Å².